The molecule has 37 heavy (non-hydrogen) atoms. The molecule has 198 valence electrons. The predicted octanol–water partition coefficient (Wildman–Crippen LogP) is 4.67. The van der Waals surface area contributed by atoms with Crippen molar-refractivity contribution >= 4 is 5.91 Å². The Hall–Kier alpha value is -3.30. The molecule has 0 radical (unpaired) electrons. The number of halogens is 5. The maximum atomic E-state index is 13.4. The molecule has 4 nitrogen and oxygen atoms in total. The summed E-state index contributed by atoms with van der Waals surface area (Å²) in [6.07, 6.45) is -3.69. The lowest BCUT2D eigenvalue weighted by atomic mass is 10.0. The third kappa shape index (κ3) is 9.59. The summed E-state index contributed by atoms with van der Waals surface area (Å²) in [6, 6.07) is 16.4. The number of hydrogen-bond donors (Lipinski definition) is 3. The maximum Gasteiger partial charge on any atom is 0.416 e. The number of benzene rings is 3. The van der Waals surface area contributed by atoms with E-state index in [0.717, 1.165) is 23.3 Å². The molecular weight excluding hydrogens is 489 g/mol. The summed E-state index contributed by atoms with van der Waals surface area (Å²) in [5.74, 6) is -1.11. The minimum absolute atomic E-state index is 0.0356. The van der Waals surface area contributed by atoms with E-state index in [2.05, 4.69) is 16.0 Å². The van der Waals surface area contributed by atoms with Crippen molar-refractivity contribution in [3.63, 3.8) is 0 Å². The van der Waals surface area contributed by atoms with Gasteiger partial charge in [-0.15, -0.1) is 0 Å². The van der Waals surface area contributed by atoms with Gasteiger partial charge in [0.05, 0.1) is 12.0 Å². The Balaban J connectivity index is 1.68. The summed E-state index contributed by atoms with van der Waals surface area (Å²) in [5.41, 5.74) is 1.19. The van der Waals surface area contributed by atoms with E-state index in [1.165, 1.54) is 36.4 Å². The van der Waals surface area contributed by atoms with Crippen LogP contribution in [0.15, 0.2) is 72.8 Å². The number of carbonyl (C=O) groups is 1. The molecular formula is C28H30F5N3O. The largest absolute Gasteiger partial charge is 0.416 e. The molecule has 0 fully saturated rings. The number of alkyl halides is 3. The molecule has 0 bridgehead atoms. The second-order valence-electron chi connectivity index (χ2n) is 8.96. The van der Waals surface area contributed by atoms with E-state index < -0.39 is 23.7 Å². The summed E-state index contributed by atoms with van der Waals surface area (Å²) in [5, 5.41) is 9.44. The number of likely N-dealkylation sites (N-methyl/N-ethyl adjacent to an activating group) is 1. The van der Waals surface area contributed by atoms with E-state index in [9.17, 15) is 26.7 Å². The zero-order valence-corrected chi connectivity index (χ0v) is 20.4. The molecule has 0 aliphatic rings. The lowest BCUT2D eigenvalue weighted by molar-refractivity contribution is -0.137. The molecule has 0 aromatic heterocycles. The molecule has 0 spiro atoms. The molecule has 3 N–H and O–H groups in total. The zero-order valence-electron chi connectivity index (χ0n) is 20.4. The average molecular weight is 520 g/mol. The molecule has 3 aromatic carbocycles. The van der Waals surface area contributed by atoms with Crippen LogP contribution in [0.4, 0.5) is 22.0 Å². The Labute approximate surface area is 213 Å². The van der Waals surface area contributed by atoms with Gasteiger partial charge in [0, 0.05) is 25.2 Å². The van der Waals surface area contributed by atoms with E-state index >= 15 is 0 Å². The van der Waals surface area contributed by atoms with Crippen molar-refractivity contribution in [1.82, 2.24) is 16.0 Å². The molecule has 0 heterocycles. The fourth-order valence-electron chi connectivity index (χ4n) is 4.08. The first-order valence-corrected chi connectivity index (χ1v) is 11.9. The lowest BCUT2D eigenvalue weighted by Gasteiger charge is -2.24. The van der Waals surface area contributed by atoms with Crippen molar-refractivity contribution in [2.75, 3.05) is 20.1 Å². The van der Waals surface area contributed by atoms with Crippen LogP contribution in [-0.2, 0) is 30.2 Å². The predicted molar refractivity (Wildman–Crippen MR) is 133 cm³/mol. The van der Waals surface area contributed by atoms with Crippen molar-refractivity contribution in [3.8, 4) is 0 Å². The SMILES string of the molecule is CNC[C@@H](Cc1ccc(F)cc1)NC[C@@H](Cc1ccc(F)cc1)NC(=O)Cc1cccc(C(F)(F)F)c1. The molecule has 9 heteroatoms. The second kappa shape index (κ2) is 13.3. The first-order chi connectivity index (χ1) is 17.6. The highest BCUT2D eigenvalue weighted by Crippen LogP contribution is 2.29. The number of carbonyl (C=O) groups excluding carboxylic acids is 1. The molecule has 0 saturated heterocycles. The van der Waals surface area contributed by atoms with Crippen molar-refractivity contribution in [3.05, 3.63) is 107 Å². The van der Waals surface area contributed by atoms with Gasteiger partial charge in [-0.2, -0.15) is 13.2 Å². The highest BCUT2D eigenvalue weighted by atomic mass is 19.4. The highest BCUT2D eigenvalue weighted by molar-refractivity contribution is 5.79. The first kappa shape index (κ1) is 28.3. The van der Waals surface area contributed by atoms with Gasteiger partial charge < -0.3 is 16.0 Å². The van der Waals surface area contributed by atoms with Gasteiger partial charge in [-0.3, -0.25) is 4.79 Å². The minimum Gasteiger partial charge on any atom is -0.351 e. The Morgan fingerprint density at radius 3 is 1.89 bits per heavy atom. The van der Waals surface area contributed by atoms with Gasteiger partial charge in [0.15, 0.2) is 0 Å². The number of amides is 1. The van der Waals surface area contributed by atoms with Crippen LogP contribution in [0, 0.1) is 11.6 Å². The monoisotopic (exact) mass is 519 g/mol. The van der Waals surface area contributed by atoms with Crippen molar-refractivity contribution in [2.24, 2.45) is 0 Å². The van der Waals surface area contributed by atoms with Crippen LogP contribution < -0.4 is 16.0 Å². The molecule has 0 aliphatic heterocycles. The van der Waals surface area contributed by atoms with Crippen LogP contribution in [0.5, 0.6) is 0 Å². The van der Waals surface area contributed by atoms with Crippen LogP contribution in [0.1, 0.15) is 22.3 Å². The maximum absolute atomic E-state index is 13.4. The third-order valence-electron chi connectivity index (χ3n) is 5.88. The average Bonchev–Trinajstić information content (AvgIpc) is 2.85. The van der Waals surface area contributed by atoms with E-state index in [4.69, 9.17) is 0 Å². The smallest absolute Gasteiger partial charge is 0.351 e. The van der Waals surface area contributed by atoms with E-state index in [0.29, 0.717) is 25.9 Å². The molecule has 3 rings (SSSR count). The van der Waals surface area contributed by atoms with Gasteiger partial charge in [0.2, 0.25) is 5.91 Å². The highest BCUT2D eigenvalue weighted by Gasteiger charge is 2.30. The third-order valence-corrected chi connectivity index (χ3v) is 5.88. The summed E-state index contributed by atoms with van der Waals surface area (Å²) in [6.45, 7) is 0.970. The summed E-state index contributed by atoms with van der Waals surface area (Å²) in [4.78, 5) is 12.8. The molecule has 0 unspecified atom stereocenters. The van der Waals surface area contributed by atoms with Crippen molar-refractivity contribution in [1.29, 1.82) is 0 Å². The van der Waals surface area contributed by atoms with Crippen LogP contribution in [0.3, 0.4) is 0 Å². The van der Waals surface area contributed by atoms with Gasteiger partial charge in [-0.25, -0.2) is 8.78 Å². The van der Waals surface area contributed by atoms with E-state index in [1.807, 2.05) is 7.05 Å². The molecule has 0 saturated carbocycles. The standard InChI is InChI=1S/C28H30F5N3O/c1-34-17-25(14-19-5-9-23(29)10-6-19)35-18-26(15-20-7-11-24(30)12-8-20)36-27(37)16-21-3-2-4-22(13-21)28(31,32)33/h2-13,25-26,34-35H,14-18H2,1H3,(H,36,37)/t25-,26-/m1/s1. The Morgan fingerprint density at radius 2 is 1.35 bits per heavy atom. The van der Waals surface area contributed by atoms with Gasteiger partial charge in [-0.1, -0.05) is 42.5 Å². The lowest BCUT2D eigenvalue weighted by Crippen LogP contribution is -2.49. The Kier molecular flexibility index (Phi) is 10.2. The number of rotatable bonds is 12. The zero-order chi connectivity index (χ0) is 26.8. The topological polar surface area (TPSA) is 53.2 Å². The van der Waals surface area contributed by atoms with Crippen molar-refractivity contribution < 1.29 is 26.7 Å². The summed E-state index contributed by atoms with van der Waals surface area (Å²) in [7, 11) is 1.81. The molecule has 3 aromatic rings. The fourth-order valence-corrected chi connectivity index (χ4v) is 4.08. The fraction of sp³-hybridized carbons (Fsp3) is 0.321. The molecule has 2 atom stereocenters. The van der Waals surface area contributed by atoms with Gasteiger partial charge in [0.1, 0.15) is 11.6 Å². The van der Waals surface area contributed by atoms with Crippen LogP contribution in [0.2, 0.25) is 0 Å². The quantitative estimate of drug-likeness (QED) is 0.305. The van der Waals surface area contributed by atoms with E-state index in [-0.39, 0.29) is 29.7 Å². The first-order valence-electron chi connectivity index (χ1n) is 11.9. The number of hydrogen-bond acceptors (Lipinski definition) is 3. The van der Waals surface area contributed by atoms with Crippen LogP contribution in [-0.4, -0.2) is 38.1 Å². The number of nitrogens with one attached hydrogen (secondary N) is 3. The molecule has 1 amide bonds. The summed E-state index contributed by atoms with van der Waals surface area (Å²) >= 11 is 0. The molecule has 0 aliphatic carbocycles. The second-order valence-corrected chi connectivity index (χ2v) is 8.96. The van der Waals surface area contributed by atoms with Gasteiger partial charge >= 0.3 is 6.18 Å². The minimum atomic E-state index is -4.49. The van der Waals surface area contributed by atoms with E-state index in [1.54, 1.807) is 24.3 Å². The van der Waals surface area contributed by atoms with Gasteiger partial charge in [0.25, 0.3) is 0 Å². The van der Waals surface area contributed by atoms with Crippen LogP contribution >= 0.6 is 0 Å². The van der Waals surface area contributed by atoms with Crippen LogP contribution in [0.25, 0.3) is 0 Å². The summed E-state index contributed by atoms with van der Waals surface area (Å²) < 4.78 is 65.8. The Bertz CT molecular complexity index is 1130. The normalized spacial score (nSPS) is 13.2. The Morgan fingerprint density at radius 1 is 0.784 bits per heavy atom. The van der Waals surface area contributed by atoms with Gasteiger partial charge in [-0.05, 0) is 66.9 Å². The van der Waals surface area contributed by atoms with Crippen molar-refractivity contribution in [2.45, 2.75) is 37.5 Å².